The summed E-state index contributed by atoms with van der Waals surface area (Å²) in [5.74, 6) is -2.23. The molecule has 1 unspecified atom stereocenters. The number of amides is 1. The van der Waals surface area contributed by atoms with Crippen LogP contribution in [0.3, 0.4) is 0 Å². The highest BCUT2D eigenvalue weighted by Crippen LogP contribution is 2.29. The Morgan fingerprint density at radius 2 is 1.59 bits per heavy atom. The van der Waals surface area contributed by atoms with Crippen molar-refractivity contribution >= 4 is 35.1 Å². The molecule has 0 aliphatic rings. The highest BCUT2D eigenvalue weighted by molar-refractivity contribution is 6.32. The van der Waals surface area contributed by atoms with Crippen molar-refractivity contribution in [2.45, 2.75) is 19.6 Å². The molecule has 0 aliphatic heterocycles. The summed E-state index contributed by atoms with van der Waals surface area (Å²) in [6.45, 7) is -1.68. The molecule has 0 aromatic heterocycles. The quantitative estimate of drug-likeness (QED) is 0.674. The standard InChI is InChI=1S/C19H16ClF2NO6/c1-10(28-18(26)12-5-3-11(4-6-12)17(25)27-2)16(24)23-13-7-8-15(14(20)9-13)29-19(21)22/h3-10,19H,1-2H3,(H,23,24). The molecule has 154 valence electrons. The second kappa shape index (κ2) is 9.83. The first-order valence-electron chi connectivity index (χ1n) is 8.16. The lowest BCUT2D eigenvalue weighted by molar-refractivity contribution is -0.123. The molecule has 1 amide bonds. The Morgan fingerprint density at radius 1 is 1.00 bits per heavy atom. The summed E-state index contributed by atoms with van der Waals surface area (Å²) in [4.78, 5) is 35.7. The lowest BCUT2D eigenvalue weighted by atomic mass is 10.1. The highest BCUT2D eigenvalue weighted by atomic mass is 35.5. The van der Waals surface area contributed by atoms with E-state index in [-0.39, 0.29) is 27.6 Å². The van der Waals surface area contributed by atoms with Crippen molar-refractivity contribution in [2.75, 3.05) is 12.4 Å². The number of alkyl halides is 2. The minimum atomic E-state index is -3.03. The number of hydrogen-bond donors (Lipinski definition) is 1. The van der Waals surface area contributed by atoms with Crippen LogP contribution in [-0.2, 0) is 14.3 Å². The molecule has 0 aliphatic carbocycles. The molecule has 0 radical (unpaired) electrons. The Kier molecular flexibility index (Phi) is 7.49. The molecule has 7 nitrogen and oxygen atoms in total. The molecule has 0 heterocycles. The van der Waals surface area contributed by atoms with Crippen LogP contribution in [-0.4, -0.2) is 37.7 Å². The SMILES string of the molecule is COC(=O)c1ccc(C(=O)OC(C)C(=O)Nc2ccc(OC(F)F)c(Cl)c2)cc1. The van der Waals surface area contributed by atoms with E-state index in [9.17, 15) is 23.2 Å². The van der Waals surface area contributed by atoms with Gasteiger partial charge in [0.1, 0.15) is 5.75 Å². The normalized spacial score (nSPS) is 11.5. The van der Waals surface area contributed by atoms with Crippen molar-refractivity contribution in [1.29, 1.82) is 0 Å². The van der Waals surface area contributed by atoms with Gasteiger partial charge in [0, 0.05) is 5.69 Å². The third kappa shape index (κ3) is 6.15. The molecular weight excluding hydrogens is 412 g/mol. The van der Waals surface area contributed by atoms with Gasteiger partial charge in [-0.2, -0.15) is 8.78 Å². The van der Waals surface area contributed by atoms with E-state index in [4.69, 9.17) is 16.3 Å². The van der Waals surface area contributed by atoms with E-state index in [2.05, 4.69) is 14.8 Å². The van der Waals surface area contributed by atoms with Crippen LogP contribution < -0.4 is 10.1 Å². The van der Waals surface area contributed by atoms with E-state index < -0.39 is 30.6 Å². The van der Waals surface area contributed by atoms with Crippen molar-refractivity contribution in [1.82, 2.24) is 0 Å². The van der Waals surface area contributed by atoms with Gasteiger partial charge in [-0.25, -0.2) is 9.59 Å². The van der Waals surface area contributed by atoms with Crippen molar-refractivity contribution in [3.05, 3.63) is 58.6 Å². The number of methoxy groups -OCH3 is 1. The Morgan fingerprint density at radius 3 is 2.10 bits per heavy atom. The van der Waals surface area contributed by atoms with Crippen LogP contribution in [0.5, 0.6) is 5.75 Å². The van der Waals surface area contributed by atoms with E-state index in [1.165, 1.54) is 56.5 Å². The first kappa shape index (κ1) is 22.1. The predicted molar refractivity (Wildman–Crippen MR) is 99.4 cm³/mol. The largest absolute Gasteiger partial charge is 0.465 e. The molecule has 2 aromatic rings. The molecule has 0 saturated heterocycles. The molecule has 0 bridgehead atoms. The summed E-state index contributed by atoms with van der Waals surface area (Å²) < 4.78 is 38.3. The molecule has 0 saturated carbocycles. The summed E-state index contributed by atoms with van der Waals surface area (Å²) in [6.07, 6.45) is -1.17. The van der Waals surface area contributed by atoms with E-state index in [1.807, 2.05) is 0 Å². The van der Waals surface area contributed by atoms with Gasteiger partial charge in [-0.15, -0.1) is 0 Å². The highest BCUT2D eigenvalue weighted by Gasteiger charge is 2.20. The van der Waals surface area contributed by atoms with Crippen molar-refractivity contribution < 1.29 is 37.4 Å². The van der Waals surface area contributed by atoms with Gasteiger partial charge in [-0.05, 0) is 49.4 Å². The van der Waals surface area contributed by atoms with Crippen LogP contribution in [0.4, 0.5) is 14.5 Å². The van der Waals surface area contributed by atoms with Crippen molar-refractivity contribution in [2.24, 2.45) is 0 Å². The van der Waals surface area contributed by atoms with Crippen LogP contribution in [0, 0.1) is 0 Å². The number of carbonyl (C=O) groups is 3. The number of esters is 2. The zero-order chi connectivity index (χ0) is 21.6. The number of benzene rings is 2. The summed E-state index contributed by atoms with van der Waals surface area (Å²) in [5.41, 5.74) is 0.590. The van der Waals surface area contributed by atoms with Crippen LogP contribution in [0.2, 0.25) is 5.02 Å². The molecule has 29 heavy (non-hydrogen) atoms. The minimum Gasteiger partial charge on any atom is -0.465 e. The smallest absolute Gasteiger partial charge is 0.387 e. The van der Waals surface area contributed by atoms with Crippen LogP contribution >= 0.6 is 11.6 Å². The molecule has 1 atom stereocenters. The maximum Gasteiger partial charge on any atom is 0.387 e. The average Bonchev–Trinajstić information content (AvgIpc) is 2.69. The van der Waals surface area contributed by atoms with Gasteiger partial charge >= 0.3 is 18.6 Å². The fourth-order valence-electron chi connectivity index (χ4n) is 2.16. The van der Waals surface area contributed by atoms with Crippen LogP contribution in [0.15, 0.2) is 42.5 Å². The zero-order valence-electron chi connectivity index (χ0n) is 15.3. The Hall–Kier alpha value is -3.20. The van der Waals surface area contributed by atoms with Gasteiger partial charge < -0.3 is 19.5 Å². The molecule has 2 aromatic carbocycles. The molecular formula is C19H16ClF2NO6. The maximum atomic E-state index is 12.2. The van der Waals surface area contributed by atoms with E-state index in [0.29, 0.717) is 0 Å². The van der Waals surface area contributed by atoms with E-state index in [1.54, 1.807) is 0 Å². The molecule has 0 fully saturated rings. The van der Waals surface area contributed by atoms with Gasteiger partial charge in [0.15, 0.2) is 6.10 Å². The average molecular weight is 428 g/mol. The molecule has 0 spiro atoms. The van der Waals surface area contributed by atoms with Gasteiger partial charge in [-0.3, -0.25) is 4.79 Å². The third-order valence-corrected chi connectivity index (χ3v) is 3.91. The number of carbonyl (C=O) groups excluding carboxylic acids is 3. The second-order valence-electron chi connectivity index (χ2n) is 5.63. The van der Waals surface area contributed by atoms with Crippen molar-refractivity contribution in [3.63, 3.8) is 0 Å². The van der Waals surface area contributed by atoms with E-state index in [0.717, 1.165) is 0 Å². The Bertz CT molecular complexity index is 904. The number of ether oxygens (including phenoxy) is 3. The first-order valence-corrected chi connectivity index (χ1v) is 8.53. The number of halogens is 3. The Balaban J connectivity index is 1.97. The number of hydrogen-bond acceptors (Lipinski definition) is 6. The summed E-state index contributed by atoms with van der Waals surface area (Å²) in [5, 5.41) is 2.32. The van der Waals surface area contributed by atoms with E-state index >= 15 is 0 Å². The van der Waals surface area contributed by atoms with Crippen molar-refractivity contribution in [3.8, 4) is 5.75 Å². The monoisotopic (exact) mass is 427 g/mol. The molecule has 1 N–H and O–H groups in total. The summed E-state index contributed by atoms with van der Waals surface area (Å²) in [6, 6.07) is 9.19. The second-order valence-corrected chi connectivity index (χ2v) is 6.04. The molecule has 2 rings (SSSR count). The van der Waals surface area contributed by atoms with Gasteiger partial charge in [0.05, 0.1) is 23.3 Å². The number of anilines is 1. The minimum absolute atomic E-state index is 0.126. The third-order valence-electron chi connectivity index (χ3n) is 3.61. The number of nitrogens with one attached hydrogen (secondary N) is 1. The van der Waals surface area contributed by atoms with Crippen LogP contribution in [0.25, 0.3) is 0 Å². The lowest BCUT2D eigenvalue weighted by Crippen LogP contribution is -2.30. The maximum absolute atomic E-state index is 12.2. The molecule has 10 heteroatoms. The van der Waals surface area contributed by atoms with Gasteiger partial charge in [-0.1, -0.05) is 11.6 Å². The fraction of sp³-hybridized carbons (Fsp3) is 0.211. The lowest BCUT2D eigenvalue weighted by Gasteiger charge is -2.14. The Labute approximate surface area is 169 Å². The summed E-state index contributed by atoms with van der Waals surface area (Å²) in [7, 11) is 1.23. The summed E-state index contributed by atoms with van der Waals surface area (Å²) >= 11 is 5.82. The van der Waals surface area contributed by atoms with Crippen LogP contribution in [0.1, 0.15) is 27.6 Å². The fourth-order valence-corrected chi connectivity index (χ4v) is 2.38. The van der Waals surface area contributed by atoms with Gasteiger partial charge in [0.25, 0.3) is 5.91 Å². The number of rotatable bonds is 7. The predicted octanol–water partition coefficient (Wildman–Crippen LogP) is 3.91. The topological polar surface area (TPSA) is 90.9 Å². The first-order chi connectivity index (χ1) is 13.7. The zero-order valence-corrected chi connectivity index (χ0v) is 16.0. The van der Waals surface area contributed by atoms with Gasteiger partial charge in [0.2, 0.25) is 0 Å².